The maximum atomic E-state index is 12.0. The van der Waals surface area contributed by atoms with Crippen molar-refractivity contribution in [3.05, 3.63) is 48.7 Å². The average molecular weight is 383 g/mol. The maximum absolute atomic E-state index is 12.0. The van der Waals surface area contributed by atoms with E-state index in [-0.39, 0.29) is 24.7 Å². The van der Waals surface area contributed by atoms with E-state index < -0.39 is 24.6 Å². The zero-order valence-electron chi connectivity index (χ0n) is 14.0. The summed E-state index contributed by atoms with van der Waals surface area (Å²) >= 11 is 0. The molecule has 0 saturated carbocycles. The molecule has 7 nitrogen and oxygen atoms in total. The molecule has 0 fully saturated rings. The van der Waals surface area contributed by atoms with Gasteiger partial charge in [-0.3, -0.25) is 9.59 Å². The molecule has 1 heterocycles. The van der Waals surface area contributed by atoms with Crippen LogP contribution in [0.25, 0.3) is 0 Å². The minimum absolute atomic E-state index is 0.225. The van der Waals surface area contributed by atoms with Gasteiger partial charge >= 0.3 is 6.18 Å². The normalized spacial score (nSPS) is 10.8. The van der Waals surface area contributed by atoms with Crippen molar-refractivity contribution >= 4 is 17.5 Å². The minimum Gasteiger partial charge on any atom is -0.484 e. The number of carbonyl (C=O) groups excluding carboxylic acids is 2. The number of pyridine rings is 1. The van der Waals surface area contributed by atoms with E-state index in [1.165, 1.54) is 12.1 Å². The molecule has 0 spiro atoms. The number of anilines is 1. The quantitative estimate of drug-likeness (QED) is 0.729. The molecule has 2 N–H and O–H groups in total. The van der Waals surface area contributed by atoms with Crippen LogP contribution in [0.4, 0.5) is 18.9 Å². The number of halogens is 3. The van der Waals surface area contributed by atoms with Crippen LogP contribution in [0.5, 0.6) is 11.6 Å². The van der Waals surface area contributed by atoms with Gasteiger partial charge in [-0.15, -0.1) is 0 Å². The van der Waals surface area contributed by atoms with E-state index >= 15 is 0 Å². The van der Waals surface area contributed by atoms with Gasteiger partial charge in [0.15, 0.2) is 13.2 Å². The number of carbonyl (C=O) groups is 2. The Kier molecular flexibility index (Phi) is 6.98. The Morgan fingerprint density at radius 1 is 1.00 bits per heavy atom. The largest absolute Gasteiger partial charge is 0.484 e. The number of benzene rings is 1. The fourth-order valence-corrected chi connectivity index (χ4v) is 1.80. The topological polar surface area (TPSA) is 89.5 Å². The molecule has 144 valence electrons. The monoisotopic (exact) mass is 383 g/mol. The van der Waals surface area contributed by atoms with Gasteiger partial charge in [0, 0.05) is 6.07 Å². The predicted molar refractivity (Wildman–Crippen MR) is 89.4 cm³/mol. The zero-order valence-corrected chi connectivity index (χ0v) is 14.0. The third-order valence-electron chi connectivity index (χ3n) is 2.96. The van der Waals surface area contributed by atoms with Crippen LogP contribution in [0, 0.1) is 0 Å². The Balaban J connectivity index is 1.69. The van der Waals surface area contributed by atoms with Crippen molar-refractivity contribution < 1.29 is 32.2 Å². The number of para-hydroxylation sites is 1. The van der Waals surface area contributed by atoms with Crippen LogP contribution in [0.1, 0.15) is 0 Å². The fraction of sp³-hybridized carbons (Fsp3) is 0.235. The van der Waals surface area contributed by atoms with Crippen LogP contribution in [-0.4, -0.2) is 42.7 Å². The molecule has 10 heteroatoms. The third kappa shape index (κ3) is 8.08. The third-order valence-corrected chi connectivity index (χ3v) is 2.96. The van der Waals surface area contributed by atoms with Gasteiger partial charge in [-0.05, 0) is 18.2 Å². The van der Waals surface area contributed by atoms with E-state index in [2.05, 4.69) is 20.4 Å². The van der Waals surface area contributed by atoms with Crippen molar-refractivity contribution in [3.8, 4) is 11.6 Å². The summed E-state index contributed by atoms with van der Waals surface area (Å²) in [6.07, 6.45) is -3.32. The standard InChI is InChI=1S/C17H16F3N3O4/c18-17(19,20)11-27-16-7-6-12(8-22-16)23-14(24)9-21-15(25)10-26-13-4-2-1-3-5-13/h1-8H,9-11H2,(H,21,25)(H,23,24). The summed E-state index contributed by atoms with van der Waals surface area (Å²) in [6.45, 7) is -2.00. The number of nitrogens with one attached hydrogen (secondary N) is 2. The number of aromatic nitrogens is 1. The highest BCUT2D eigenvalue weighted by atomic mass is 19.4. The summed E-state index contributed by atoms with van der Waals surface area (Å²) in [5.74, 6) is -0.718. The fourth-order valence-electron chi connectivity index (χ4n) is 1.80. The molecule has 0 atom stereocenters. The van der Waals surface area contributed by atoms with Crippen molar-refractivity contribution in [1.29, 1.82) is 0 Å². The minimum atomic E-state index is -4.46. The first-order valence-corrected chi connectivity index (χ1v) is 7.72. The molecule has 0 bridgehead atoms. The molecule has 2 aromatic rings. The van der Waals surface area contributed by atoms with Crippen molar-refractivity contribution in [3.63, 3.8) is 0 Å². The Bertz CT molecular complexity index is 752. The first kappa shape index (κ1) is 20.0. The lowest BCUT2D eigenvalue weighted by Gasteiger charge is -2.10. The van der Waals surface area contributed by atoms with Crippen molar-refractivity contribution in [1.82, 2.24) is 10.3 Å². The molecule has 0 saturated heterocycles. The van der Waals surface area contributed by atoms with E-state index in [1.807, 2.05) is 0 Å². The molecule has 0 aliphatic carbocycles. The summed E-state index contributed by atoms with van der Waals surface area (Å²) < 4.78 is 45.8. The maximum Gasteiger partial charge on any atom is 0.422 e. The van der Waals surface area contributed by atoms with Crippen molar-refractivity contribution in [2.75, 3.05) is 25.1 Å². The van der Waals surface area contributed by atoms with Gasteiger partial charge in [0.25, 0.3) is 5.91 Å². The molecule has 1 aromatic carbocycles. The molecular weight excluding hydrogens is 367 g/mol. The van der Waals surface area contributed by atoms with E-state index in [9.17, 15) is 22.8 Å². The number of hydrogen-bond acceptors (Lipinski definition) is 5. The summed E-state index contributed by atoms with van der Waals surface area (Å²) in [7, 11) is 0. The summed E-state index contributed by atoms with van der Waals surface area (Å²) in [4.78, 5) is 27.0. The van der Waals surface area contributed by atoms with Crippen LogP contribution < -0.4 is 20.1 Å². The van der Waals surface area contributed by atoms with E-state index in [0.29, 0.717) is 5.75 Å². The zero-order chi connectivity index (χ0) is 19.7. The Morgan fingerprint density at radius 2 is 1.74 bits per heavy atom. The van der Waals surface area contributed by atoms with Gasteiger partial charge in [-0.25, -0.2) is 4.98 Å². The van der Waals surface area contributed by atoms with Gasteiger partial charge in [-0.2, -0.15) is 13.2 Å². The second-order valence-electron chi connectivity index (χ2n) is 5.22. The second kappa shape index (κ2) is 9.41. The number of nitrogens with zero attached hydrogens (tertiary/aromatic N) is 1. The molecule has 2 amide bonds. The lowest BCUT2D eigenvalue weighted by molar-refractivity contribution is -0.154. The van der Waals surface area contributed by atoms with Crippen molar-refractivity contribution in [2.45, 2.75) is 6.18 Å². The molecule has 27 heavy (non-hydrogen) atoms. The van der Waals surface area contributed by atoms with Crippen molar-refractivity contribution in [2.24, 2.45) is 0 Å². The van der Waals surface area contributed by atoms with Crippen LogP contribution in [0.3, 0.4) is 0 Å². The average Bonchev–Trinajstić information content (AvgIpc) is 2.64. The van der Waals surface area contributed by atoms with Crippen LogP contribution in [0.15, 0.2) is 48.7 Å². The first-order valence-electron chi connectivity index (χ1n) is 7.72. The first-order chi connectivity index (χ1) is 12.8. The Labute approximate surface area is 152 Å². The van der Waals surface area contributed by atoms with E-state index in [4.69, 9.17) is 4.74 Å². The van der Waals surface area contributed by atoms with E-state index in [0.717, 1.165) is 6.20 Å². The van der Waals surface area contributed by atoms with Gasteiger partial charge in [0.05, 0.1) is 18.4 Å². The highest BCUT2D eigenvalue weighted by Crippen LogP contribution is 2.18. The molecular formula is C17H16F3N3O4. The number of rotatable bonds is 8. The number of amides is 2. The number of hydrogen-bond donors (Lipinski definition) is 2. The Morgan fingerprint density at radius 3 is 2.37 bits per heavy atom. The summed E-state index contributed by atoms with van der Waals surface area (Å²) in [6, 6.07) is 11.2. The Hall–Kier alpha value is -3.30. The lowest BCUT2D eigenvalue weighted by atomic mass is 10.3. The van der Waals surface area contributed by atoms with Gasteiger partial charge < -0.3 is 20.1 Å². The van der Waals surface area contributed by atoms with E-state index in [1.54, 1.807) is 30.3 Å². The second-order valence-corrected chi connectivity index (χ2v) is 5.22. The molecule has 0 radical (unpaired) electrons. The molecule has 0 unspecified atom stereocenters. The van der Waals surface area contributed by atoms with Crippen LogP contribution in [0.2, 0.25) is 0 Å². The summed E-state index contributed by atoms with van der Waals surface area (Å²) in [5.41, 5.74) is 0.245. The number of alkyl halides is 3. The van der Waals surface area contributed by atoms with Crippen LogP contribution in [-0.2, 0) is 9.59 Å². The van der Waals surface area contributed by atoms with Gasteiger partial charge in [0.1, 0.15) is 5.75 Å². The van der Waals surface area contributed by atoms with Crippen LogP contribution >= 0.6 is 0 Å². The molecule has 0 aliphatic rings. The molecule has 1 aromatic heterocycles. The smallest absolute Gasteiger partial charge is 0.422 e. The van der Waals surface area contributed by atoms with Gasteiger partial charge in [0.2, 0.25) is 11.8 Å². The number of ether oxygens (including phenoxy) is 2. The SMILES string of the molecule is O=C(COc1ccccc1)NCC(=O)Nc1ccc(OCC(F)(F)F)nc1. The highest BCUT2D eigenvalue weighted by Gasteiger charge is 2.28. The molecule has 0 aliphatic heterocycles. The van der Waals surface area contributed by atoms with Gasteiger partial charge in [-0.1, -0.05) is 18.2 Å². The molecule has 2 rings (SSSR count). The predicted octanol–water partition coefficient (Wildman–Crippen LogP) is 2.16. The summed E-state index contributed by atoms with van der Waals surface area (Å²) in [5, 5.41) is 4.81. The highest BCUT2D eigenvalue weighted by molar-refractivity contribution is 5.94. The lowest BCUT2D eigenvalue weighted by Crippen LogP contribution is -2.35.